The Bertz CT molecular complexity index is 287. The summed E-state index contributed by atoms with van der Waals surface area (Å²) in [5, 5.41) is 0. The molecule has 3 heteroatoms. The number of anilines is 1. The molecule has 0 unspecified atom stereocenters. The van der Waals surface area contributed by atoms with Crippen molar-refractivity contribution in [1.82, 2.24) is 0 Å². The van der Waals surface area contributed by atoms with Crippen LogP contribution in [0.3, 0.4) is 0 Å². The number of thioether (sulfide) groups is 2. The van der Waals surface area contributed by atoms with Gasteiger partial charge in [0.1, 0.15) is 0 Å². The summed E-state index contributed by atoms with van der Waals surface area (Å²) in [7, 11) is 0. The van der Waals surface area contributed by atoms with E-state index in [4.69, 9.17) is 5.73 Å². The van der Waals surface area contributed by atoms with Gasteiger partial charge in [-0.2, -0.15) is 11.8 Å². The molecule has 1 nitrogen and oxygen atoms in total. The van der Waals surface area contributed by atoms with Gasteiger partial charge in [-0.05, 0) is 48.8 Å². The zero-order chi connectivity index (χ0) is 10.4. The average molecular weight is 227 g/mol. The second-order valence-electron chi connectivity index (χ2n) is 3.24. The lowest BCUT2D eigenvalue weighted by molar-refractivity contribution is 1.12. The molecule has 14 heavy (non-hydrogen) atoms. The summed E-state index contributed by atoms with van der Waals surface area (Å²) in [4.78, 5) is 1.22. The van der Waals surface area contributed by atoms with E-state index in [-0.39, 0.29) is 0 Å². The summed E-state index contributed by atoms with van der Waals surface area (Å²) in [6.45, 7) is 2.07. The summed E-state index contributed by atoms with van der Waals surface area (Å²) in [6.07, 6.45) is 3.39. The highest BCUT2D eigenvalue weighted by atomic mass is 32.2. The molecule has 0 aliphatic carbocycles. The monoisotopic (exact) mass is 227 g/mol. The fourth-order valence-electron chi connectivity index (χ4n) is 1.18. The summed E-state index contributed by atoms with van der Waals surface area (Å²) in [6, 6.07) is 6.28. The number of hydrogen-bond donors (Lipinski definition) is 1. The van der Waals surface area contributed by atoms with Crippen LogP contribution in [0.25, 0.3) is 0 Å². The molecule has 0 radical (unpaired) electrons. The van der Waals surface area contributed by atoms with Crippen molar-refractivity contribution < 1.29 is 0 Å². The molecule has 0 spiro atoms. The summed E-state index contributed by atoms with van der Waals surface area (Å²) in [5.41, 5.74) is 8.06. The van der Waals surface area contributed by atoms with Gasteiger partial charge < -0.3 is 5.73 Å². The van der Waals surface area contributed by atoms with Gasteiger partial charge in [0.05, 0.1) is 0 Å². The molecule has 0 fully saturated rings. The topological polar surface area (TPSA) is 26.0 Å². The first-order valence-electron chi connectivity index (χ1n) is 4.72. The first-order valence-corrected chi connectivity index (χ1v) is 7.10. The van der Waals surface area contributed by atoms with Crippen LogP contribution in [0.15, 0.2) is 23.1 Å². The highest BCUT2D eigenvalue weighted by Crippen LogP contribution is 2.26. The number of rotatable bonds is 5. The number of hydrogen-bond acceptors (Lipinski definition) is 3. The predicted molar refractivity (Wildman–Crippen MR) is 69.3 cm³/mol. The quantitative estimate of drug-likeness (QED) is 0.474. The van der Waals surface area contributed by atoms with Crippen molar-refractivity contribution in [3.05, 3.63) is 23.8 Å². The van der Waals surface area contributed by atoms with Crippen molar-refractivity contribution in [1.29, 1.82) is 0 Å². The average Bonchev–Trinajstić information content (AvgIpc) is 2.15. The van der Waals surface area contributed by atoms with Gasteiger partial charge >= 0.3 is 0 Å². The molecule has 0 saturated heterocycles. The first-order chi connectivity index (χ1) is 6.74. The maximum absolute atomic E-state index is 5.91. The molecule has 0 heterocycles. The van der Waals surface area contributed by atoms with Crippen molar-refractivity contribution in [2.24, 2.45) is 0 Å². The molecule has 1 aromatic carbocycles. The molecule has 0 atom stereocenters. The van der Waals surface area contributed by atoms with Gasteiger partial charge in [-0.3, -0.25) is 0 Å². The Balaban J connectivity index is 2.42. The number of nitrogen functional groups attached to an aromatic ring is 1. The predicted octanol–water partition coefficient (Wildman–Crippen LogP) is 3.42. The second-order valence-corrected chi connectivity index (χ2v) is 5.36. The summed E-state index contributed by atoms with van der Waals surface area (Å²) >= 11 is 3.76. The minimum absolute atomic E-state index is 0.916. The van der Waals surface area contributed by atoms with Crippen molar-refractivity contribution in [3.63, 3.8) is 0 Å². The Morgan fingerprint density at radius 3 is 2.71 bits per heavy atom. The molecule has 1 rings (SSSR count). The van der Waals surface area contributed by atoms with Crippen molar-refractivity contribution >= 4 is 29.2 Å². The maximum atomic E-state index is 5.91. The third-order valence-corrected chi connectivity index (χ3v) is 3.79. The van der Waals surface area contributed by atoms with Crippen LogP contribution in [0.5, 0.6) is 0 Å². The molecule has 0 aliphatic rings. The lowest BCUT2D eigenvalue weighted by Gasteiger charge is -2.05. The molecule has 78 valence electrons. The smallest absolute Gasteiger partial charge is 0.0454 e. The van der Waals surface area contributed by atoms with Crippen LogP contribution in [0.4, 0.5) is 5.69 Å². The zero-order valence-corrected chi connectivity index (χ0v) is 10.4. The van der Waals surface area contributed by atoms with Crippen LogP contribution in [-0.4, -0.2) is 17.8 Å². The number of nitrogens with two attached hydrogens (primary N) is 1. The second kappa shape index (κ2) is 6.25. The summed E-state index contributed by atoms with van der Waals surface area (Å²) in [5.74, 6) is 2.40. The first kappa shape index (κ1) is 11.8. The fraction of sp³-hybridized carbons (Fsp3) is 0.455. The number of benzene rings is 1. The van der Waals surface area contributed by atoms with E-state index < -0.39 is 0 Å². The van der Waals surface area contributed by atoms with Crippen molar-refractivity contribution in [3.8, 4) is 0 Å². The SMILES string of the molecule is CSCCCSc1ccc(C)cc1N. The van der Waals surface area contributed by atoms with Gasteiger partial charge in [-0.1, -0.05) is 6.07 Å². The van der Waals surface area contributed by atoms with Crippen LogP contribution in [0.1, 0.15) is 12.0 Å². The molecule has 2 N–H and O–H groups in total. The fourth-order valence-corrected chi connectivity index (χ4v) is 2.70. The van der Waals surface area contributed by atoms with E-state index in [1.54, 1.807) is 0 Å². The zero-order valence-electron chi connectivity index (χ0n) is 8.75. The normalized spacial score (nSPS) is 10.4. The summed E-state index contributed by atoms with van der Waals surface area (Å²) < 4.78 is 0. The van der Waals surface area contributed by atoms with E-state index >= 15 is 0 Å². The van der Waals surface area contributed by atoms with E-state index in [9.17, 15) is 0 Å². The van der Waals surface area contributed by atoms with E-state index in [2.05, 4.69) is 25.3 Å². The molecule has 0 amide bonds. The molecule has 0 bridgehead atoms. The van der Waals surface area contributed by atoms with Crippen LogP contribution in [0, 0.1) is 6.92 Å². The van der Waals surface area contributed by atoms with Crippen molar-refractivity contribution in [2.45, 2.75) is 18.2 Å². The maximum Gasteiger partial charge on any atom is 0.0454 e. The largest absolute Gasteiger partial charge is 0.398 e. The minimum atomic E-state index is 0.916. The van der Waals surface area contributed by atoms with Crippen LogP contribution < -0.4 is 5.73 Å². The van der Waals surface area contributed by atoms with E-state index in [0.717, 1.165) is 11.4 Å². The van der Waals surface area contributed by atoms with Crippen LogP contribution in [-0.2, 0) is 0 Å². The Labute approximate surface area is 94.8 Å². The van der Waals surface area contributed by atoms with Crippen LogP contribution >= 0.6 is 23.5 Å². The van der Waals surface area contributed by atoms with Crippen molar-refractivity contribution in [2.75, 3.05) is 23.5 Å². The number of aryl methyl sites for hydroxylation is 1. The highest BCUT2D eigenvalue weighted by molar-refractivity contribution is 8.00. The van der Waals surface area contributed by atoms with E-state index in [1.165, 1.54) is 22.6 Å². The van der Waals surface area contributed by atoms with Gasteiger partial charge in [0, 0.05) is 10.6 Å². The van der Waals surface area contributed by atoms with E-state index in [1.807, 2.05) is 29.6 Å². The lowest BCUT2D eigenvalue weighted by atomic mass is 10.2. The van der Waals surface area contributed by atoms with Gasteiger partial charge in [-0.25, -0.2) is 0 Å². The van der Waals surface area contributed by atoms with Gasteiger partial charge in [0.25, 0.3) is 0 Å². The van der Waals surface area contributed by atoms with Gasteiger partial charge in [-0.15, -0.1) is 11.8 Å². The molecule has 0 aromatic heterocycles. The van der Waals surface area contributed by atoms with Crippen LogP contribution in [0.2, 0.25) is 0 Å². The molecule has 0 saturated carbocycles. The third kappa shape index (κ3) is 3.84. The Morgan fingerprint density at radius 2 is 2.07 bits per heavy atom. The third-order valence-electron chi connectivity index (χ3n) is 1.92. The molecule has 0 aliphatic heterocycles. The molecular weight excluding hydrogens is 210 g/mol. The van der Waals surface area contributed by atoms with Gasteiger partial charge in [0.15, 0.2) is 0 Å². The Morgan fingerprint density at radius 1 is 1.29 bits per heavy atom. The Kier molecular flexibility index (Phi) is 5.26. The molecule has 1 aromatic rings. The standard InChI is InChI=1S/C11H17NS2/c1-9-4-5-11(10(12)8-9)14-7-3-6-13-2/h4-5,8H,3,6-7,12H2,1-2H3. The lowest BCUT2D eigenvalue weighted by Crippen LogP contribution is -1.90. The minimum Gasteiger partial charge on any atom is -0.398 e. The highest BCUT2D eigenvalue weighted by Gasteiger charge is 1.99. The van der Waals surface area contributed by atoms with E-state index in [0.29, 0.717) is 0 Å². The molecular formula is C11H17NS2. The van der Waals surface area contributed by atoms with Gasteiger partial charge in [0.2, 0.25) is 0 Å². The Hall–Kier alpha value is -0.280.